The molecule has 3 aromatic carbocycles. The van der Waals surface area contributed by atoms with Crippen molar-refractivity contribution in [3.05, 3.63) is 77.4 Å². The van der Waals surface area contributed by atoms with Gasteiger partial charge in [-0.05, 0) is 56.7 Å². The maximum absolute atomic E-state index is 13.4. The molecule has 3 nitrogen and oxygen atoms in total. The third-order valence-corrected chi connectivity index (χ3v) is 6.33. The average Bonchev–Trinajstić information content (AvgIpc) is 2.88. The number of nitrogens with zero attached hydrogens (tertiary/aromatic N) is 1. The zero-order chi connectivity index (χ0) is 17.8. The minimum Gasteiger partial charge on any atom is -0.233 e. The second kappa shape index (κ2) is 5.46. The number of aryl methyl sites for hydroxylation is 3. The molecule has 4 rings (SSSR count). The van der Waals surface area contributed by atoms with Crippen LogP contribution in [-0.2, 0) is 10.0 Å². The highest BCUT2D eigenvalue weighted by Gasteiger charge is 2.23. The third-order valence-electron chi connectivity index (χ3n) is 4.59. The Labute approximate surface area is 147 Å². The van der Waals surface area contributed by atoms with Crippen LogP contribution in [0.2, 0.25) is 0 Å². The molecule has 0 N–H and O–H groups in total. The molecule has 0 aliphatic heterocycles. The molecule has 4 heteroatoms. The topological polar surface area (TPSA) is 39.1 Å². The van der Waals surface area contributed by atoms with Gasteiger partial charge in [0.25, 0.3) is 10.0 Å². The maximum Gasteiger partial charge on any atom is 0.268 e. The minimum absolute atomic E-state index is 0.305. The van der Waals surface area contributed by atoms with Gasteiger partial charge in [-0.25, -0.2) is 12.4 Å². The lowest BCUT2D eigenvalue weighted by atomic mass is 10.1. The van der Waals surface area contributed by atoms with E-state index in [1.54, 1.807) is 12.1 Å². The molecule has 0 radical (unpaired) electrons. The molecule has 0 atom stereocenters. The van der Waals surface area contributed by atoms with Gasteiger partial charge in [0.1, 0.15) is 0 Å². The molecule has 0 saturated carbocycles. The summed E-state index contributed by atoms with van der Waals surface area (Å²) in [6.07, 6.45) is 0. The first kappa shape index (κ1) is 15.9. The Morgan fingerprint density at radius 3 is 1.96 bits per heavy atom. The van der Waals surface area contributed by atoms with Crippen molar-refractivity contribution in [2.75, 3.05) is 0 Å². The quantitative estimate of drug-likeness (QED) is 0.513. The summed E-state index contributed by atoms with van der Waals surface area (Å²) in [5, 5.41) is 1.92. The van der Waals surface area contributed by atoms with Crippen molar-refractivity contribution in [3.8, 4) is 0 Å². The van der Waals surface area contributed by atoms with Crippen LogP contribution in [0.3, 0.4) is 0 Å². The van der Waals surface area contributed by atoms with E-state index in [2.05, 4.69) is 0 Å². The van der Waals surface area contributed by atoms with Gasteiger partial charge in [-0.3, -0.25) is 0 Å². The third kappa shape index (κ3) is 2.45. The van der Waals surface area contributed by atoms with E-state index in [4.69, 9.17) is 0 Å². The largest absolute Gasteiger partial charge is 0.268 e. The number of hydrogen-bond acceptors (Lipinski definition) is 2. The number of rotatable bonds is 2. The van der Waals surface area contributed by atoms with Crippen LogP contribution >= 0.6 is 0 Å². The summed E-state index contributed by atoms with van der Waals surface area (Å²) in [5.74, 6) is 0. The van der Waals surface area contributed by atoms with Crippen LogP contribution in [0.1, 0.15) is 16.7 Å². The van der Waals surface area contributed by atoms with Crippen LogP contribution in [0.5, 0.6) is 0 Å². The lowest BCUT2D eigenvalue weighted by Gasteiger charge is -2.10. The van der Waals surface area contributed by atoms with E-state index in [1.807, 2.05) is 69.3 Å². The van der Waals surface area contributed by atoms with E-state index >= 15 is 0 Å². The summed E-state index contributed by atoms with van der Waals surface area (Å²) in [6.45, 7) is 5.94. The Morgan fingerprint density at radius 1 is 0.640 bits per heavy atom. The Bertz CT molecular complexity index is 1220. The van der Waals surface area contributed by atoms with Crippen molar-refractivity contribution < 1.29 is 8.42 Å². The summed E-state index contributed by atoms with van der Waals surface area (Å²) in [6, 6.07) is 18.9. The highest BCUT2D eigenvalue weighted by Crippen LogP contribution is 2.33. The molecular formula is C21H19NO2S. The Morgan fingerprint density at radius 2 is 1.24 bits per heavy atom. The Kier molecular flexibility index (Phi) is 3.48. The zero-order valence-electron chi connectivity index (χ0n) is 14.4. The van der Waals surface area contributed by atoms with Gasteiger partial charge in [0.2, 0.25) is 0 Å². The van der Waals surface area contributed by atoms with Crippen molar-refractivity contribution in [2.24, 2.45) is 0 Å². The van der Waals surface area contributed by atoms with Crippen LogP contribution < -0.4 is 0 Å². The first-order chi connectivity index (χ1) is 11.9. The van der Waals surface area contributed by atoms with Crippen molar-refractivity contribution >= 4 is 31.8 Å². The molecule has 126 valence electrons. The fourth-order valence-electron chi connectivity index (χ4n) is 3.28. The predicted octanol–water partition coefficient (Wildman–Crippen LogP) is 4.96. The summed E-state index contributed by atoms with van der Waals surface area (Å²) in [7, 11) is -3.68. The number of hydrogen-bond donors (Lipinski definition) is 0. The molecule has 0 saturated heterocycles. The lowest BCUT2D eigenvalue weighted by molar-refractivity contribution is 0.590. The second-order valence-corrected chi connectivity index (χ2v) is 8.41. The molecule has 0 fully saturated rings. The van der Waals surface area contributed by atoms with Gasteiger partial charge in [0.15, 0.2) is 0 Å². The highest BCUT2D eigenvalue weighted by molar-refractivity contribution is 7.90. The van der Waals surface area contributed by atoms with Crippen LogP contribution in [0.15, 0.2) is 65.6 Å². The smallest absolute Gasteiger partial charge is 0.233 e. The molecule has 0 amide bonds. The van der Waals surface area contributed by atoms with Crippen molar-refractivity contribution in [1.29, 1.82) is 0 Å². The molecule has 0 aliphatic rings. The van der Waals surface area contributed by atoms with Gasteiger partial charge >= 0.3 is 0 Å². The molecule has 25 heavy (non-hydrogen) atoms. The van der Waals surface area contributed by atoms with Crippen LogP contribution in [0.25, 0.3) is 21.8 Å². The first-order valence-corrected chi connectivity index (χ1v) is 9.65. The molecule has 0 spiro atoms. The summed E-state index contributed by atoms with van der Waals surface area (Å²) in [4.78, 5) is 0.305. The molecule has 0 unspecified atom stereocenters. The normalized spacial score (nSPS) is 12.1. The SMILES string of the molecule is Cc1ccc(S(=O)(=O)n2c3ccc(C)cc3c3ccc(C)cc32)cc1. The van der Waals surface area contributed by atoms with Gasteiger partial charge in [0, 0.05) is 10.8 Å². The maximum atomic E-state index is 13.4. The summed E-state index contributed by atoms with van der Waals surface area (Å²) < 4.78 is 28.3. The fraction of sp³-hybridized carbons (Fsp3) is 0.143. The highest BCUT2D eigenvalue weighted by atomic mass is 32.2. The fourth-order valence-corrected chi connectivity index (χ4v) is 4.80. The molecular weight excluding hydrogens is 330 g/mol. The van der Waals surface area contributed by atoms with Crippen molar-refractivity contribution in [2.45, 2.75) is 25.7 Å². The van der Waals surface area contributed by atoms with Gasteiger partial charge in [-0.2, -0.15) is 0 Å². The van der Waals surface area contributed by atoms with E-state index < -0.39 is 10.0 Å². The zero-order valence-corrected chi connectivity index (χ0v) is 15.3. The van der Waals surface area contributed by atoms with E-state index in [1.165, 1.54) is 3.97 Å². The lowest BCUT2D eigenvalue weighted by Crippen LogP contribution is -2.12. The molecule has 1 heterocycles. The number of fused-ring (bicyclic) bond motifs is 3. The van der Waals surface area contributed by atoms with Gasteiger partial charge in [0.05, 0.1) is 15.9 Å². The number of aromatic nitrogens is 1. The standard InChI is InChI=1S/C21H19NO2S/c1-14-4-8-17(9-5-14)25(23,24)22-20-11-7-15(2)12-19(20)18-10-6-16(3)13-21(18)22/h4-13H,1-3H3. The van der Waals surface area contributed by atoms with E-state index in [0.29, 0.717) is 10.4 Å². The van der Waals surface area contributed by atoms with Crippen LogP contribution in [0, 0.1) is 20.8 Å². The van der Waals surface area contributed by atoms with Crippen LogP contribution in [0.4, 0.5) is 0 Å². The Balaban J connectivity index is 2.15. The van der Waals surface area contributed by atoms with Gasteiger partial charge in [-0.15, -0.1) is 0 Å². The van der Waals surface area contributed by atoms with Crippen molar-refractivity contribution in [1.82, 2.24) is 3.97 Å². The monoisotopic (exact) mass is 349 g/mol. The number of benzene rings is 3. The molecule has 0 aliphatic carbocycles. The average molecular weight is 349 g/mol. The molecule has 0 bridgehead atoms. The second-order valence-electron chi connectivity index (χ2n) is 6.62. The van der Waals surface area contributed by atoms with Crippen molar-refractivity contribution in [3.63, 3.8) is 0 Å². The van der Waals surface area contributed by atoms with E-state index in [9.17, 15) is 8.42 Å². The van der Waals surface area contributed by atoms with E-state index in [0.717, 1.165) is 33.0 Å². The van der Waals surface area contributed by atoms with E-state index in [-0.39, 0.29) is 0 Å². The molecule has 1 aromatic heterocycles. The van der Waals surface area contributed by atoms with Gasteiger partial charge in [-0.1, -0.05) is 41.5 Å². The molecule has 4 aromatic rings. The summed E-state index contributed by atoms with van der Waals surface area (Å²) in [5.41, 5.74) is 4.62. The van der Waals surface area contributed by atoms with Gasteiger partial charge < -0.3 is 0 Å². The Hall–Kier alpha value is -2.59. The summed E-state index contributed by atoms with van der Waals surface area (Å²) >= 11 is 0. The first-order valence-electron chi connectivity index (χ1n) is 8.21. The van der Waals surface area contributed by atoms with Crippen LogP contribution in [-0.4, -0.2) is 12.4 Å². The predicted molar refractivity (Wildman–Crippen MR) is 103 cm³/mol. The minimum atomic E-state index is -3.68.